The van der Waals surface area contributed by atoms with Crippen molar-refractivity contribution in [2.75, 3.05) is 27.4 Å². The highest BCUT2D eigenvalue weighted by Gasteiger charge is 2.45. The molecule has 0 bridgehead atoms. The molecule has 0 saturated carbocycles. The molecular weight excluding hydrogens is 458 g/mol. The topological polar surface area (TPSA) is 85.3 Å². The van der Waals surface area contributed by atoms with Gasteiger partial charge in [0.2, 0.25) is 0 Å². The number of hydrogen-bond donors (Lipinski definition) is 1. The summed E-state index contributed by atoms with van der Waals surface area (Å²) < 4.78 is 16.4. The van der Waals surface area contributed by atoms with Crippen LogP contribution in [0.25, 0.3) is 5.76 Å². The summed E-state index contributed by atoms with van der Waals surface area (Å²) >= 11 is 0. The number of aryl methyl sites for hydroxylation is 1. The minimum atomic E-state index is -0.759. The molecule has 0 radical (unpaired) electrons. The summed E-state index contributed by atoms with van der Waals surface area (Å²) in [5.41, 5.74) is 3.00. The van der Waals surface area contributed by atoms with Crippen molar-refractivity contribution < 1.29 is 28.9 Å². The number of ketones is 1. The van der Waals surface area contributed by atoms with Gasteiger partial charge in [-0.1, -0.05) is 42.5 Å². The predicted octanol–water partition coefficient (Wildman–Crippen LogP) is 4.65. The summed E-state index contributed by atoms with van der Waals surface area (Å²) in [4.78, 5) is 27.5. The Balaban J connectivity index is 1.69. The number of hydrogen-bond acceptors (Lipinski definition) is 6. The van der Waals surface area contributed by atoms with Crippen LogP contribution in [0.5, 0.6) is 11.5 Å². The average molecular weight is 488 g/mol. The molecule has 0 aliphatic carbocycles. The monoisotopic (exact) mass is 487 g/mol. The first kappa shape index (κ1) is 25.0. The standard InChI is InChI=1S/C29H29NO6/c1-19-17-22(11-14-24(19)35-3)27(31)25-26(30(15-16-34-2)29(33)28(25)32)21-9-12-23(13-10-21)36-18-20-7-5-4-6-8-20/h4-14,17,26,31H,15-16,18H2,1-3H3. The van der Waals surface area contributed by atoms with E-state index >= 15 is 0 Å². The van der Waals surface area contributed by atoms with Crippen LogP contribution in [0.2, 0.25) is 0 Å². The van der Waals surface area contributed by atoms with Crippen molar-refractivity contribution in [1.29, 1.82) is 0 Å². The van der Waals surface area contributed by atoms with Gasteiger partial charge in [-0.05, 0) is 53.9 Å². The number of ether oxygens (including phenoxy) is 3. The van der Waals surface area contributed by atoms with E-state index in [4.69, 9.17) is 14.2 Å². The SMILES string of the molecule is COCCN1C(=O)C(=O)C(=C(O)c2ccc(OC)c(C)c2)C1c1ccc(OCc2ccccc2)cc1. The van der Waals surface area contributed by atoms with Gasteiger partial charge in [0.15, 0.2) is 0 Å². The minimum Gasteiger partial charge on any atom is -0.507 e. The first-order valence-electron chi connectivity index (χ1n) is 11.6. The molecule has 7 nitrogen and oxygen atoms in total. The molecule has 186 valence electrons. The van der Waals surface area contributed by atoms with E-state index in [1.54, 1.807) is 37.4 Å². The molecule has 3 aromatic carbocycles. The fourth-order valence-electron chi connectivity index (χ4n) is 4.32. The molecule has 1 aliphatic heterocycles. The zero-order valence-electron chi connectivity index (χ0n) is 20.6. The van der Waals surface area contributed by atoms with Gasteiger partial charge in [-0.2, -0.15) is 0 Å². The molecule has 1 saturated heterocycles. The molecular formula is C29H29NO6. The van der Waals surface area contributed by atoms with Crippen LogP contribution in [0, 0.1) is 6.92 Å². The molecule has 1 amide bonds. The van der Waals surface area contributed by atoms with E-state index in [9.17, 15) is 14.7 Å². The van der Waals surface area contributed by atoms with Gasteiger partial charge in [-0.15, -0.1) is 0 Å². The van der Waals surface area contributed by atoms with E-state index in [1.807, 2.05) is 49.4 Å². The number of rotatable bonds is 9. The molecule has 1 aliphatic rings. The maximum Gasteiger partial charge on any atom is 0.295 e. The number of aliphatic hydroxyl groups is 1. The Hall–Kier alpha value is -4.10. The van der Waals surface area contributed by atoms with Crippen LogP contribution >= 0.6 is 0 Å². The Kier molecular flexibility index (Phi) is 7.71. The van der Waals surface area contributed by atoms with E-state index in [0.717, 1.165) is 11.1 Å². The zero-order chi connectivity index (χ0) is 25.7. The highest BCUT2D eigenvalue weighted by molar-refractivity contribution is 6.46. The van der Waals surface area contributed by atoms with Gasteiger partial charge < -0.3 is 24.2 Å². The number of benzene rings is 3. The number of carbonyl (C=O) groups is 2. The highest BCUT2D eigenvalue weighted by atomic mass is 16.5. The van der Waals surface area contributed by atoms with E-state index in [-0.39, 0.29) is 24.5 Å². The largest absolute Gasteiger partial charge is 0.507 e. The number of methoxy groups -OCH3 is 2. The summed E-state index contributed by atoms with van der Waals surface area (Å²) in [6, 6.07) is 21.4. The van der Waals surface area contributed by atoms with Crippen molar-refractivity contribution in [3.63, 3.8) is 0 Å². The number of aliphatic hydroxyl groups excluding tert-OH is 1. The van der Waals surface area contributed by atoms with E-state index in [2.05, 4.69) is 0 Å². The lowest BCUT2D eigenvalue weighted by molar-refractivity contribution is -0.140. The van der Waals surface area contributed by atoms with E-state index in [0.29, 0.717) is 29.2 Å². The lowest BCUT2D eigenvalue weighted by Crippen LogP contribution is -2.32. The Morgan fingerprint density at radius 2 is 1.69 bits per heavy atom. The molecule has 3 aromatic rings. The lowest BCUT2D eigenvalue weighted by Gasteiger charge is -2.25. The minimum absolute atomic E-state index is 0.0404. The summed E-state index contributed by atoms with van der Waals surface area (Å²) in [5, 5.41) is 11.2. The van der Waals surface area contributed by atoms with Crippen LogP contribution in [0.4, 0.5) is 0 Å². The van der Waals surface area contributed by atoms with Crippen LogP contribution in [-0.2, 0) is 20.9 Å². The zero-order valence-corrected chi connectivity index (χ0v) is 20.6. The summed E-state index contributed by atoms with van der Waals surface area (Å²) in [7, 11) is 3.10. The number of carbonyl (C=O) groups excluding carboxylic acids is 2. The smallest absolute Gasteiger partial charge is 0.295 e. The molecule has 4 rings (SSSR count). The predicted molar refractivity (Wildman–Crippen MR) is 136 cm³/mol. The van der Waals surface area contributed by atoms with Crippen LogP contribution in [0.1, 0.15) is 28.3 Å². The second-order valence-electron chi connectivity index (χ2n) is 8.51. The lowest BCUT2D eigenvalue weighted by atomic mass is 9.94. The molecule has 0 aromatic heterocycles. The second-order valence-corrected chi connectivity index (χ2v) is 8.51. The summed E-state index contributed by atoms with van der Waals surface area (Å²) in [6.07, 6.45) is 0. The molecule has 36 heavy (non-hydrogen) atoms. The van der Waals surface area contributed by atoms with Gasteiger partial charge in [0.1, 0.15) is 23.9 Å². The number of likely N-dealkylation sites (tertiary alicyclic amines) is 1. The van der Waals surface area contributed by atoms with Crippen LogP contribution in [0.15, 0.2) is 78.4 Å². The molecule has 1 atom stereocenters. The van der Waals surface area contributed by atoms with Crippen molar-refractivity contribution in [3.8, 4) is 11.5 Å². The van der Waals surface area contributed by atoms with Gasteiger partial charge >= 0.3 is 0 Å². The summed E-state index contributed by atoms with van der Waals surface area (Å²) in [6.45, 7) is 2.72. The number of amides is 1. The first-order chi connectivity index (χ1) is 17.4. The van der Waals surface area contributed by atoms with Gasteiger partial charge in [-0.3, -0.25) is 9.59 Å². The third kappa shape index (κ3) is 5.11. The molecule has 1 N–H and O–H groups in total. The fourth-order valence-corrected chi connectivity index (χ4v) is 4.32. The Morgan fingerprint density at radius 3 is 2.33 bits per heavy atom. The first-order valence-corrected chi connectivity index (χ1v) is 11.6. The Morgan fingerprint density at radius 1 is 0.972 bits per heavy atom. The van der Waals surface area contributed by atoms with Gasteiger partial charge in [-0.25, -0.2) is 0 Å². The summed E-state index contributed by atoms with van der Waals surface area (Å²) in [5.74, 6) is -0.315. The van der Waals surface area contributed by atoms with Crippen molar-refractivity contribution in [3.05, 3.63) is 101 Å². The van der Waals surface area contributed by atoms with E-state index < -0.39 is 17.7 Å². The number of Topliss-reactive ketones (excluding diaryl/α,β-unsaturated/α-hetero) is 1. The fraction of sp³-hybridized carbons (Fsp3) is 0.241. The second kappa shape index (κ2) is 11.1. The average Bonchev–Trinajstić information content (AvgIpc) is 3.16. The van der Waals surface area contributed by atoms with Gasteiger partial charge in [0.05, 0.1) is 25.3 Å². The normalized spacial score (nSPS) is 16.9. The highest BCUT2D eigenvalue weighted by Crippen LogP contribution is 2.40. The Labute approximate surface area is 210 Å². The third-order valence-corrected chi connectivity index (χ3v) is 6.19. The van der Waals surface area contributed by atoms with Crippen LogP contribution in [-0.4, -0.2) is 49.1 Å². The van der Waals surface area contributed by atoms with Crippen molar-refractivity contribution in [2.45, 2.75) is 19.6 Å². The Bertz CT molecular complexity index is 1270. The number of nitrogens with zero attached hydrogens (tertiary/aromatic N) is 1. The van der Waals surface area contributed by atoms with Crippen molar-refractivity contribution in [2.24, 2.45) is 0 Å². The molecule has 1 fully saturated rings. The molecule has 1 heterocycles. The van der Waals surface area contributed by atoms with Gasteiger partial charge in [0, 0.05) is 19.2 Å². The van der Waals surface area contributed by atoms with Crippen molar-refractivity contribution in [1.82, 2.24) is 4.90 Å². The maximum absolute atomic E-state index is 13.1. The molecule has 0 spiro atoms. The van der Waals surface area contributed by atoms with Crippen molar-refractivity contribution >= 4 is 17.4 Å². The maximum atomic E-state index is 13.1. The molecule has 7 heteroatoms. The van der Waals surface area contributed by atoms with E-state index in [1.165, 1.54) is 12.0 Å². The van der Waals surface area contributed by atoms with Crippen LogP contribution in [0.3, 0.4) is 0 Å². The third-order valence-electron chi connectivity index (χ3n) is 6.19. The quantitative estimate of drug-likeness (QED) is 0.269. The molecule has 1 unspecified atom stereocenters. The van der Waals surface area contributed by atoms with Gasteiger partial charge in [0.25, 0.3) is 11.7 Å². The van der Waals surface area contributed by atoms with Crippen LogP contribution < -0.4 is 9.47 Å².